The van der Waals surface area contributed by atoms with E-state index in [0.29, 0.717) is 0 Å². The first kappa shape index (κ1) is 11.1. The number of benzene rings is 2. The van der Waals surface area contributed by atoms with Crippen molar-refractivity contribution in [1.29, 1.82) is 0 Å². The third kappa shape index (κ3) is 1.58. The van der Waals surface area contributed by atoms with Gasteiger partial charge in [0.1, 0.15) is 5.82 Å². The first-order valence-electron chi connectivity index (χ1n) is 6.48. The molecule has 0 bridgehead atoms. The number of aromatic nitrogens is 4. The van der Waals surface area contributed by atoms with Crippen molar-refractivity contribution < 1.29 is 0 Å². The van der Waals surface area contributed by atoms with Crippen LogP contribution in [0.1, 0.15) is 5.56 Å². The Hall–Kier alpha value is -2.75. The van der Waals surface area contributed by atoms with Crippen LogP contribution < -0.4 is 0 Å². The number of hydrogen-bond donors (Lipinski definition) is 1. The van der Waals surface area contributed by atoms with E-state index in [1.807, 2.05) is 30.3 Å². The zero-order valence-corrected chi connectivity index (χ0v) is 11.0. The minimum Gasteiger partial charge on any atom is -0.338 e. The van der Waals surface area contributed by atoms with Crippen LogP contribution in [-0.4, -0.2) is 19.9 Å². The third-order valence-electron chi connectivity index (χ3n) is 3.47. The number of aromatic amines is 1. The number of hydrogen-bond acceptors (Lipinski definition) is 3. The quantitative estimate of drug-likeness (QED) is 0.570. The topological polar surface area (TPSA) is 54.5 Å². The summed E-state index contributed by atoms with van der Waals surface area (Å²) in [5.74, 6) is 0.834. The molecule has 0 aliphatic rings. The molecule has 0 aliphatic carbocycles. The molecule has 0 fully saturated rings. The fourth-order valence-corrected chi connectivity index (χ4v) is 2.49. The molecule has 20 heavy (non-hydrogen) atoms. The minimum atomic E-state index is 0.834. The van der Waals surface area contributed by atoms with E-state index in [1.54, 1.807) is 12.4 Å². The maximum absolute atomic E-state index is 4.71. The van der Waals surface area contributed by atoms with E-state index in [9.17, 15) is 0 Å². The molecule has 2 heterocycles. The molecular formula is C16H12N4. The number of H-pyrrole nitrogens is 1. The van der Waals surface area contributed by atoms with E-state index in [0.717, 1.165) is 39.0 Å². The van der Waals surface area contributed by atoms with Gasteiger partial charge in [-0.1, -0.05) is 18.2 Å². The van der Waals surface area contributed by atoms with Crippen molar-refractivity contribution in [3.63, 3.8) is 0 Å². The Balaban J connectivity index is 2.04. The standard InChI is InChI=1S/C16H12N4/c1-10-4-2-7-13-14(10)20-16(19-13)11-5-3-6-12-15(11)18-9-8-17-12/h2-9H,1H3,(H,19,20). The predicted molar refractivity (Wildman–Crippen MR) is 79.4 cm³/mol. The molecule has 0 saturated carbocycles. The summed E-state index contributed by atoms with van der Waals surface area (Å²) in [5, 5.41) is 0. The average Bonchev–Trinajstić information content (AvgIpc) is 2.92. The lowest BCUT2D eigenvalue weighted by Gasteiger charge is -2.01. The van der Waals surface area contributed by atoms with Gasteiger partial charge in [-0.05, 0) is 30.7 Å². The molecule has 0 atom stereocenters. The number of nitrogens with zero attached hydrogens (tertiary/aromatic N) is 3. The average molecular weight is 260 g/mol. The van der Waals surface area contributed by atoms with E-state index in [-0.39, 0.29) is 0 Å². The molecule has 4 aromatic rings. The van der Waals surface area contributed by atoms with E-state index in [2.05, 4.69) is 27.9 Å². The Kier molecular flexibility index (Phi) is 2.29. The number of para-hydroxylation sites is 2. The highest BCUT2D eigenvalue weighted by Crippen LogP contribution is 2.26. The number of nitrogens with one attached hydrogen (secondary N) is 1. The second kappa shape index (κ2) is 4.13. The van der Waals surface area contributed by atoms with E-state index >= 15 is 0 Å². The van der Waals surface area contributed by atoms with Crippen LogP contribution in [0.5, 0.6) is 0 Å². The van der Waals surface area contributed by atoms with Gasteiger partial charge in [0.2, 0.25) is 0 Å². The molecule has 0 amide bonds. The summed E-state index contributed by atoms with van der Waals surface area (Å²) in [6.07, 6.45) is 3.41. The Bertz CT molecular complexity index is 919. The van der Waals surface area contributed by atoms with Gasteiger partial charge < -0.3 is 4.98 Å². The molecule has 4 nitrogen and oxygen atoms in total. The number of rotatable bonds is 1. The van der Waals surface area contributed by atoms with Crippen LogP contribution in [0, 0.1) is 6.92 Å². The summed E-state index contributed by atoms with van der Waals surface area (Å²) in [6, 6.07) is 12.1. The van der Waals surface area contributed by atoms with Crippen LogP contribution in [0.2, 0.25) is 0 Å². The van der Waals surface area contributed by atoms with Gasteiger partial charge in [0.25, 0.3) is 0 Å². The van der Waals surface area contributed by atoms with Crippen molar-refractivity contribution >= 4 is 22.1 Å². The largest absolute Gasteiger partial charge is 0.338 e. The highest BCUT2D eigenvalue weighted by molar-refractivity contribution is 5.92. The Morgan fingerprint density at radius 1 is 0.900 bits per heavy atom. The molecule has 2 aromatic carbocycles. The van der Waals surface area contributed by atoms with Gasteiger partial charge in [-0.3, -0.25) is 9.97 Å². The number of fused-ring (bicyclic) bond motifs is 2. The molecule has 1 N–H and O–H groups in total. The van der Waals surface area contributed by atoms with Crippen molar-refractivity contribution in [2.24, 2.45) is 0 Å². The lowest BCUT2D eigenvalue weighted by atomic mass is 10.1. The molecule has 2 aromatic heterocycles. The predicted octanol–water partition coefficient (Wildman–Crippen LogP) is 3.48. The molecule has 0 aliphatic heterocycles. The second-order valence-corrected chi connectivity index (χ2v) is 4.79. The maximum atomic E-state index is 4.71. The first-order chi connectivity index (χ1) is 9.83. The van der Waals surface area contributed by atoms with Crippen LogP contribution in [0.25, 0.3) is 33.5 Å². The maximum Gasteiger partial charge on any atom is 0.140 e. The second-order valence-electron chi connectivity index (χ2n) is 4.79. The molecule has 96 valence electrons. The van der Waals surface area contributed by atoms with Crippen molar-refractivity contribution in [1.82, 2.24) is 19.9 Å². The van der Waals surface area contributed by atoms with E-state index < -0.39 is 0 Å². The minimum absolute atomic E-state index is 0.834. The molecule has 0 spiro atoms. The van der Waals surface area contributed by atoms with Gasteiger partial charge in [0, 0.05) is 18.0 Å². The summed E-state index contributed by atoms with van der Waals surface area (Å²) in [4.78, 5) is 16.8. The normalized spacial score (nSPS) is 11.2. The molecule has 0 saturated heterocycles. The molecule has 4 heteroatoms. The zero-order chi connectivity index (χ0) is 13.5. The van der Waals surface area contributed by atoms with Crippen LogP contribution in [-0.2, 0) is 0 Å². The highest BCUT2D eigenvalue weighted by atomic mass is 14.9. The Morgan fingerprint density at radius 3 is 2.65 bits per heavy atom. The first-order valence-corrected chi connectivity index (χ1v) is 6.48. The van der Waals surface area contributed by atoms with Crippen molar-refractivity contribution in [2.75, 3.05) is 0 Å². The van der Waals surface area contributed by atoms with Crippen LogP contribution in [0.4, 0.5) is 0 Å². The van der Waals surface area contributed by atoms with Gasteiger partial charge in [0.15, 0.2) is 0 Å². The summed E-state index contributed by atoms with van der Waals surface area (Å²) in [6.45, 7) is 2.07. The van der Waals surface area contributed by atoms with E-state index in [4.69, 9.17) is 4.98 Å². The molecule has 0 unspecified atom stereocenters. The molecule has 4 rings (SSSR count). The van der Waals surface area contributed by atoms with Crippen LogP contribution in [0.3, 0.4) is 0 Å². The van der Waals surface area contributed by atoms with Gasteiger partial charge in [-0.15, -0.1) is 0 Å². The third-order valence-corrected chi connectivity index (χ3v) is 3.47. The lowest BCUT2D eigenvalue weighted by molar-refractivity contribution is 1.27. The SMILES string of the molecule is Cc1cccc2[nH]c(-c3cccc4nccnc34)nc12. The summed E-state index contributed by atoms with van der Waals surface area (Å²) in [5.41, 5.74) is 5.93. The Morgan fingerprint density at radius 2 is 1.75 bits per heavy atom. The van der Waals surface area contributed by atoms with Crippen molar-refractivity contribution in [2.45, 2.75) is 6.92 Å². The molecular weight excluding hydrogens is 248 g/mol. The van der Waals surface area contributed by atoms with Crippen molar-refractivity contribution in [3.8, 4) is 11.4 Å². The van der Waals surface area contributed by atoms with Crippen LogP contribution >= 0.6 is 0 Å². The summed E-state index contributed by atoms with van der Waals surface area (Å²) < 4.78 is 0. The van der Waals surface area contributed by atoms with Gasteiger partial charge in [0.05, 0.1) is 22.1 Å². The van der Waals surface area contributed by atoms with Crippen LogP contribution in [0.15, 0.2) is 48.8 Å². The molecule has 0 radical (unpaired) electrons. The van der Waals surface area contributed by atoms with Gasteiger partial charge in [-0.25, -0.2) is 4.98 Å². The highest BCUT2D eigenvalue weighted by Gasteiger charge is 2.10. The Labute approximate surface area is 115 Å². The number of aryl methyl sites for hydroxylation is 1. The van der Waals surface area contributed by atoms with Gasteiger partial charge >= 0.3 is 0 Å². The fraction of sp³-hybridized carbons (Fsp3) is 0.0625. The monoisotopic (exact) mass is 260 g/mol. The summed E-state index contributed by atoms with van der Waals surface area (Å²) in [7, 11) is 0. The fourth-order valence-electron chi connectivity index (χ4n) is 2.49. The zero-order valence-electron chi connectivity index (χ0n) is 11.0. The number of imidazole rings is 1. The lowest BCUT2D eigenvalue weighted by Crippen LogP contribution is -1.88. The van der Waals surface area contributed by atoms with Crippen molar-refractivity contribution in [3.05, 3.63) is 54.4 Å². The smallest absolute Gasteiger partial charge is 0.140 e. The van der Waals surface area contributed by atoms with Gasteiger partial charge in [-0.2, -0.15) is 0 Å². The summed E-state index contributed by atoms with van der Waals surface area (Å²) >= 11 is 0. The van der Waals surface area contributed by atoms with E-state index in [1.165, 1.54) is 0 Å².